The Morgan fingerprint density at radius 2 is 1.77 bits per heavy atom. The maximum atomic E-state index is 12.7. The summed E-state index contributed by atoms with van der Waals surface area (Å²) < 4.78 is 42.8. The van der Waals surface area contributed by atoms with Gasteiger partial charge in [-0.1, -0.05) is 36.4 Å². The van der Waals surface area contributed by atoms with Gasteiger partial charge in [0.05, 0.1) is 12.7 Å². The Balaban J connectivity index is 2.06. The summed E-state index contributed by atoms with van der Waals surface area (Å²) in [6.45, 7) is 0. The Labute approximate surface area is 148 Å². The van der Waals surface area contributed by atoms with Crippen molar-refractivity contribution in [2.45, 2.75) is 18.6 Å². The fourth-order valence-corrected chi connectivity index (χ4v) is 2.28. The molecule has 1 atom stereocenters. The summed E-state index contributed by atoms with van der Waals surface area (Å²) >= 11 is 0. The number of amides is 2. The van der Waals surface area contributed by atoms with Crippen molar-refractivity contribution in [2.75, 3.05) is 12.4 Å². The second-order valence-electron chi connectivity index (χ2n) is 5.44. The third kappa shape index (κ3) is 5.51. The summed E-state index contributed by atoms with van der Waals surface area (Å²) in [6, 6.07) is 11.4. The first-order chi connectivity index (χ1) is 12.3. The fraction of sp³-hybridized carbons (Fsp3) is 0.222. The molecule has 0 aliphatic rings. The third-order valence-corrected chi connectivity index (χ3v) is 3.52. The molecular formula is C18H17F3N2O3. The number of methoxy groups -OCH3 is 1. The van der Waals surface area contributed by atoms with Gasteiger partial charge in [0.1, 0.15) is 6.04 Å². The standard InChI is InChI=1S/C18H17F3N2O3/c1-26-16(24)15(10-12-6-3-2-4-7-12)23-17(25)22-14-9-5-8-13(11-14)18(19,20)21/h2-9,11,15H,10H2,1H3,(H2,22,23,25)/t15-/m0/s1. The van der Waals surface area contributed by atoms with Gasteiger partial charge in [0.15, 0.2) is 0 Å². The first-order valence-electron chi connectivity index (χ1n) is 7.66. The van der Waals surface area contributed by atoms with Crippen molar-refractivity contribution >= 4 is 17.7 Å². The number of urea groups is 1. The summed E-state index contributed by atoms with van der Waals surface area (Å²) in [7, 11) is 1.19. The van der Waals surface area contributed by atoms with Crippen LogP contribution in [0.15, 0.2) is 54.6 Å². The highest BCUT2D eigenvalue weighted by molar-refractivity contribution is 5.92. The predicted octanol–water partition coefficient (Wildman–Crippen LogP) is 3.61. The topological polar surface area (TPSA) is 67.4 Å². The summed E-state index contributed by atoms with van der Waals surface area (Å²) in [5, 5.41) is 4.71. The molecule has 2 rings (SSSR count). The van der Waals surface area contributed by atoms with E-state index in [-0.39, 0.29) is 12.1 Å². The second-order valence-corrected chi connectivity index (χ2v) is 5.44. The van der Waals surface area contributed by atoms with Crippen LogP contribution in [0, 0.1) is 0 Å². The summed E-state index contributed by atoms with van der Waals surface area (Å²) in [6.07, 6.45) is -4.33. The molecule has 0 heterocycles. The lowest BCUT2D eigenvalue weighted by Crippen LogP contribution is -2.45. The van der Waals surface area contributed by atoms with Gasteiger partial charge in [-0.15, -0.1) is 0 Å². The quantitative estimate of drug-likeness (QED) is 0.795. The molecule has 26 heavy (non-hydrogen) atoms. The number of alkyl halides is 3. The second kappa shape index (κ2) is 8.37. The highest BCUT2D eigenvalue weighted by Gasteiger charge is 2.30. The number of carbonyl (C=O) groups is 2. The van der Waals surface area contributed by atoms with Gasteiger partial charge in [-0.3, -0.25) is 0 Å². The smallest absolute Gasteiger partial charge is 0.416 e. The molecular weight excluding hydrogens is 349 g/mol. The van der Waals surface area contributed by atoms with Gasteiger partial charge in [-0.25, -0.2) is 9.59 Å². The normalized spacial score (nSPS) is 12.2. The number of halogens is 3. The van der Waals surface area contributed by atoms with Crippen LogP contribution in [-0.2, 0) is 22.1 Å². The van der Waals surface area contributed by atoms with Crippen LogP contribution in [-0.4, -0.2) is 25.2 Å². The molecule has 0 bridgehead atoms. The number of benzene rings is 2. The Bertz CT molecular complexity index is 764. The fourth-order valence-electron chi connectivity index (χ4n) is 2.28. The monoisotopic (exact) mass is 366 g/mol. The Morgan fingerprint density at radius 3 is 2.38 bits per heavy atom. The minimum Gasteiger partial charge on any atom is -0.467 e. The van der Waals surface area contributed by atoms with E-state index in [1.54, 1.807) is 24.3 Å². The average molecular weight is 366 g/mol. The zero-order chi connectivity index (χ0) is 19.2. The van der Waals surface area contributed by atoms with E-state index in [2.05, 4.69) is 15.4 Å². The van der Waals surface area contributed by atoms with E-state index in [0.717, 1.165) is 17.7 Å². The number of carbonyl (C=O) groups excluding carboxylic acids is 2. The predicted molar refractivity (Wildman–Crippen MR) is 89.5 cm³/mol. The lowest BCUT2D eigenvalue weighted by Gasteiger charge is -2.17. The molecule has 2 N–H and O–H groups in total. The third-order valence-electron chi connectivity index (χ3n) is 3.52. The van der Waals surface area contributed by atoms with Crippen LogP contribution < -0.4 is 10.6 Å². The van der Waals surface area contributed by atoms with Gasteiger partial charge in [0.25, 0.3) is 0 Å². The highest BCUT2D eigenvalue weighted by Crippen LogP contribution is 2.30. The number of ether oxygens (including phenoxy) is 1. The highest BCUT2D eigenvalue weighted by atomic mass is 19.4. The van der Waals surface area contributed by atoms with E-state index in [9.17, 15) is 22.8 Å². The number of anilines is 1. The zero-order valence-electron chi connectivity index (χ0n) is 13.8. The number of rotatable bonds is 5. The number of hydrogen-bond acceptors (Lipinski definition) is 3. The van der Waals surface area contributed by atoms with Crippen LogP contribution in [0.2, 0.25) is 0 Å². The molecule has 0 aromatic heterocycles. The molecule has 2 aromatic rings. The van der Waals surface area contributed by atoms with E-state index >= 15 is 0 Å². The molecule has 2 aromatic carbocycles. The molecule has 5 nitrogen and oxygen atoms in total. The van der Waals surface area contributed by atoms with Gasteiger partial charge >= 0.3 is 18.2 Å². The molecule has 0 saturated carbocycles. The first-order valence-corrected chi connectivity index (χ1v) is 7.66. The SMILES string of the molecule is COC(=O)[C@H](Cc1ccccc1)NC(=O)Nc1cccc(C(F)(F)F)c1. The number of esters is 1. The lowest BCUT2D eigenvalue weighted by atomic mass is 10.1. The van der Waals surface area contributed by atoms with Gasteiger partial charge in [0.2, 0.25) is 0 Å². The molecule has 0 aliphatic carbocycles. The van der Waals surface area contributed by atoms with Crippen LogP contribution >= 0.6 is 0 Å². The minimum absolute atomic E-state index is 0.0411. The van der Waals surface area contributed by atoms with Gasteiger partial charge in [0, 0.05) is 12.1 Å². The number of nitrogens with one attached hydrogen (secondary N) is 2. The van der Waals surface area contributed by atoms with Crippen molar-refractivity contribution in [2.24, 2.45) is 0 Å². The summed E-state index contributed by atoms with van der Waals surface area (Å²) in [4.78, 5) is 24.0. The Hall–Kier alpha value is -3.03. The molecule has 0 aliphatic heterocycles. The van der Waals surface area contributed by atoms with Crippen LogP contribution in [0.5, 0.6) is 0 Å². The van der Waals surface area contributed by atoms with Gasteiger partial charge < -0.3 is 15.4 Å². The Morgan fingerprint density at radius 1 is 1.08 bits per heavy atom. The molecule has 2 amide bonds. The van der Waals surface area contributed by atoms with E-state index in [0.29, 0.717) is 0 Å². The molecule has 0 spiro atoms. The van der Waals surface area contributed by atoms with Gasteiger partial charge in [-0.05, 0) is 23.8 Å². The molecule has 0 radical (unpaired) electrons. The van der Waals surface area contributed by atoms with Crippen molar-refractivity contribution in [3.05, 3.63) is 65.7 Å². The molecule has 0 fully saturated rings. The Kier molecular flexibility index (Phi) is 6.21. The van der Waals surface area contributed by atoms with Crippen molar-refractivity contribution in [1.29, 1.82) is 0 Å². The van der Waals surface area contributed by atoms with E-state index in [1.807, 2.05) is 6.07 Å². The van der Waals surface area contributed by atoms with Crippen molar-refractivity contribution in [3.8, 4) is 0 Å². The maximum absolute atomic E-state index is 12.7. The largest absolute Gasteiger partial charge is 0.467 e. The van der Waals surface area contributed by atoms with Crippen LogP contribution in [0.25, 0.3) is 0 Å². The lowest BCUT2D eigenvalue weighted by molar-refractivity contribution is -0.142. The molecule has 0 unspecified atom stereocenters. The minimum atomic E-state index is -4.52. The van der Waals surface area contributed by atoms with Crippen molar-refractivity contribution in [1.82, 2.24) is 5.32 Å². The summed E-state index contributed by atoms with van der Waals surface area (Å²) in [5.74, 6) is -0.659. The zero-order valence-corrected chi connectivity index (χ0v) is 13.8. The van der Waals surface area contributed by atoms with Crippen LogP contribution in [0.4, 0.5) is 23.7 Å². The molecule has 8 heteroatoms. The van der Waals surface area contributed by atoms with E-state index in [1.165, 1.54) is 19.2 Å². The van der Waals surface area contributed by atoms with Crippen LogP contribution in [0.3, 0.4) is 0 Å². The van der Waals surface area contributed by atoms with E-state index < -0.39 is 29.8 Å². The molecule has 138 valence electrons. The van der Waals surface area contributed by atoms with Crippen molar-refractivity contribution < 1.29 is 27.5 Å². The van der Waals surface area contributed by atoms with Crippen molar-refractivity contribution in [3.63, 3.8) is 0 Å². The maximum Gasteiger partial charge on any atom is 0.416 e. The first kappa shape index (κ1) is 19.3. The van der Waals surface area contributed by atoms with Gasteiger partial charge in [-0.2, -0.15) is 13.2 Å². The van der Waals surface area contributed by atoms with E-state index in [4.69, 9.17) is 0 Å². The summed E-state index contributed by atoms with van der Waals surface area (Å²) in [5.41, 5.74) is -0.132. The van der Waals surface area contributed by atoms with Crippen LogP contribution in [0.1, 0.15) is 11.1 Å². The number of hydrogen-bond donors (Lipinski definition) is 2. The average Bonchev–Trinajstić information content (AvgIpc) is 2.61. The molecule has 0 saturated heterocycles.